The molecule has 1 N–H and O–H groups in total. The van der Waals surface area contributed by atoms with Crippen LogP contribution in [-0.2, 0) is 9.53 Å². The Kier molecular flexibility index (Phi) is 4.00. The maximum absolute atomic E-state index is 12.8. The molecule has 114 valence electrons. The van der Waals surface area contributed by atoms with Crippen LogP contribution in [0.2, 0.25) is 0 Å². The summed E-state index contributed by atoms with van der Waals surface area (Å²) in [6.07, 6.45) is 3.13. The molecule has 0 saturated carbocycles. The summed E-state index contributed by atoms with van der Waals surface area (Å²) in [4.78, 5) is 14.8. The van der Waals surface area contributed by atoms with Crippen molar-refractivity contribution in [3.63, 3.8) is 0 Å². The highest BCUT2D eigenvalue weighted by atomic mass is 16.5. The van der Waals surface area contributed by atoms with Crippen molar-refractivity contribution in [2.75, 3.05) is 13.2 Å². The van der Waals surface area contributed by atoms with Crippen molar-refractivity contribution in [3.8, 4) is 0 Å². The molecular formula is C17H24N2O2. The average Bonchev–Trinajstić information content (AvgIpc) is 3.06. The minimum absolute atomic E-state index is 0.101. The average molecular weight is 288 g/mol. The van der Waals surface area contributed by atoms with Gasteiger partial charge in [-0.05, 0) is 31.7 Å². The maximum Gasteiger partial charge on any atom is 0.245 e. The number of carbonyl (C=O) groups excluding carboxylic acids is 1. The molecule has 1 aromatic rings. The molecule has 3 unspecified atom stereocenters. The summed E-state index contributed by atoms with van der Waals surface area (Å²) < 4.78 is 5.86. The monoisotopic (exact) mass is 288 g/mol. The van der Waals surface area contributed by atoms with Crippen LogP contribution in [0.25, 0.3) is 0 Å². The Labute approximate surface area is 126 Å². The molecule has 21 heavy (non-hydrogen) atoms. The van der Waals surface area contributed by atoms with Crippen molar-refractivity contribution in [1.29, 1.82) is 0 Å². The quantitative estimate of drug-likeness (QED) is 0.925. The van der Waals surface area contributed by atoms with Crippen LogP contribution >= 0.6 is 0 Å². The normalized spacial score (nSPS) is 32.9. The molecule has 0 aromatic heterocycles. The highest BCUT2D eigenvalue weighted by Crippen LogP contribution is 2.31. The molecule has 2 fully saturated rings. The van der Waals surface area contributed by atoms with Gasteiger partial charge in [-0.25, -0.2) is 0 Å². The highest BCUT2D eigenvalue weighted by Gasteiger charge is 2.43. The minimum atomic E-state index is -0.221. The van der Waals surface area contributed by atoms with Crippen molar-refractivity contribution in [2.24, 2.45) is 0 Å². The van der Waals surface area contributed by atoms with Crippen molar-refractivity contribution in [1.82, 2.24) is 10.2 Å². The molecule has 3 rings (SSSR count). The van der Waals surface area contributed by atoms with Crippen molar-refractivity contribution < 1.29 is 9.53 Å². The Bertz CT molecular complexity index is 497. The van der Waals surface area contributed by atoms with Crippen molar-refractivity contribution in [2.45, 2.75) is 50.9 Å². The van der Waals surface area contributed by atoms with Crippen molar-refractivity contribution >= 4 is 5.91 Å². The summed E-state index contributed by atoms with van der Waals surface area (Å²) in [5, 5.41) is 3.47. The van der Waals surface area contributed by atoms with Gasteiger partial charge in [-0.15, -0.1) is 0 Å². The van der Waals surface area contributed by atoms with E-state index in [1.165, 1.54) is 0 Å². The van der Waals surface area contributed by atoms with Gasteiger partial charge in [0.2, 0.25) is 5.91 Å². The van der Waals surface area contributed by atoms with Gasteiger partial charge in [0.15, 0.2) is 0 Å². The molecule has 2 aliphatic rings. The van der Waals surface area contributed by atoms with Gasteiger partial charge in [-0.2, -0.15) is 0 Å². The summed E-state index contributed by atoms with van der Waals surface area (Å²) in [7, 11) is 0. The van der Waals surface area contributed by atoms with Gasteiger partial charge >= 0.3 is 0 Å². The first-order valence-electron chi connectivity index (χ1n) is 7.88. The molecule has 0 bridgehead atoms. The van der Waals surface area contributed by atoms with Crippen LogP contribution in [0, 0.1) is 0 Å². The zero-order valence-corrected chi connectivity index (χ0v) is 12.8. The Morgan fingerprint density at radius 3 is 2.76 bits per heavy atom. The van der Waals surface area contributed by atoms with Crippen LogP contribution < -0.4 is 5.32 Å². The van der Waals surface area contributed by atoms with E-state index in [9.17, 15) is 4.79 Å². The molecule has 0 radical (unpaired) electrons. The molecule has 2 aliphatic heterocycles. The summed E-state index contributed by atoms with van der Waals surface area (Å²) >= 11 is 0. The van der Waals surface area contributed by atoms with Gasteiger partial charge in [0, 0.05) is 6.61 Å². The smallest absolute Gasteiger partial charge is 0.245 e. The van der Waals surface area contributed by atoms with Crippen LogP contribution in [0.1, 0.15) is 44.7 Å². The third-order valence-corrected chi connectivity index (χ3v) is 4.59. The van der Waals surface area contributed by atoms with Crippen LogP contribution in [-0.4, -0.2) is 35.7 Å². The second kappa shape index (κ2) is 5.78. The summed E-state index contributed by atoms with van der Waals surface area (Å²) in [6.45, 7) is 5.73. The van der Waals surface area contributed by atoms with Gasteiger partial charge in [0.1, 0.15) is 6.04 Å². The Hall–Kier alpha value is -1.39. The second-order valence-electron chi connectivity index (χ2n) is 6.30. The number of nitrogens with zero attached hydrogens (tertiary/aromatic N) is 1. The number of hydrogen-bond acceptors (Lipinski definition) is 3. The van der Waals surface area contributed by atoms with Gasteiger partial charge in [0.25, 0.3) is 0 Å². The third kappa shape index (κ3) is 2.83. The molecule has 4 heteroatoms. The van der Waals surface area contributed by atoms with E-state index in [4.69, 9.17) is 4.74 Å². The van der Waals surface area contributed by atoms with Gasteiger partial charge < -0.3 is 9.64 Å². The molecule has 3 atom stereocenters. The minimum Gasteiger partial charge on any atom is -0.373 e. The van der Waals surface area contributed by atoms with E-state index in [-0.39, 0.29) is 23.7 Å². The lowest BCUT2D eigenvalue weighted by Gasteiger charge is -2.32. The Balaban J connectivity index is 1.78. The largest absolute Gasteiger partial charge is 0.373 e. The fourth-order valence-corrected chi connectivity index (χ4v) is 3.41. The first-order chi connectivity index (χ1) is 10.1. The topological polar surface area (TPSA) is 41.6 Å². The fourth-order valence-electron chi connectivity index (χ4n) is 3.41. The van der Waals surface area contributed by atoms with Crippen LogP contribution in [0.4, 0.5) is 0 Å². The van der Waals surface area contributed by atoms with E-state index in [1.807, 2.05) is 35.2 Å². The number of ether oxygens (including phenoxy) is 1. The predicted octanol–water partition coefficient (Wildman–Crippen LogP) is 2.46. The predicted molar refractivity (Wildman–Crippen MR) is 81.7 cm³/mol. The summed E-state index contributed by atoms with van der Waals surface area (Å²) in [5.74, 6) is 0.171. The lowest BCUT2D eigenvalue weighted by molar-refractivity contribution is -0.133. The maximum atomic E-state index is 12.8. The van der Waals surface area contributed by atoms with E-state index < -0.39 is 0 Å². The van der Waals surface area contributed by atoms with E-state index >= 15 is 0 Å². The number of carbonyl (C=O) groups is 1. The fraction of sp³-hybridized carbons (Fsp3) is 0.588. The van der Waals surface area contributed by atoms with E-state index in [1.54, 1.807) is 0 Å². The van der Waals surface area contributed by atoms with Crippen LogP contribution in [0.15, 0.2) is 30.3 Å². The number of amides is 1. The lowest BCUT2D eigenvalue weighted by Crippen LogP contribution is -2.46. The van der Waals surface area contributed by atoms with Gasteiger partial charge in [-0.3, -0.25) is 10.1 Å². The molecule has 0 spiro atoms. The molecule has 1 amide bonds. The van der Waals surface area contributed by atoms with E-state index in [2.05, 4.69) is 19.2 Å². The first kappa shape index (κ1) is 14.5. The van der Waals surface area contributed by atoms with Gasteiger partial charge in [-0.1, -0.05) is 37.3 Å². The SMILES string of the molecule is CCC1NC(c2ccccc2)C(=O)N1CC1(C)CCCO1. The molecule has 4 nitrogen and oxygen atoms in total. The lowest BCUT2D eigenvalue weighted by atomic mass is 10.0. The zero-order chi connectivity index (χ0) is 14.9. The highest BCUT2D eigenvalue weighted by molar-refractivity contribution is 5.85. The Morgan fingerprint density at radius 2 is 2.14 bits per heavy atom. The summed E-state index contributed by atoms with van der Waals surface area (Å²) in [5.41, 5.74) is 0.858. The second-order valence-corrected chi connectivity index (χ2v) is 6.30. The van der Waals surface area contributed by atoms with Crippen LogP contribution in [0.3, 0.4) is 0 Å². The Morgan fingerprint density at radius 1 is 1.38 bits per heavy atom. The molecule has 2 heterocycles. The first-order valence-corrected chi connectivity index (χ1v) is 7.88. The van der Waals surface area contributed by atoms with Gasteiger partial charge in [0.05, 0.1) is 18.3 Å². The zero-order valence-electron chi connectivity index (χ0n) is 12.8. The standard InChI is InChI=1S/C17H24N2O2/c1-3-14-18-15(13-8-5-4-6-9-13)16(20)19(14)12-17(2)10-7-11-21-17/h4-6,8-9,14-15,18H,3,7,10-12H2,1-2H3. The molecular weight excluding hydrogens is 264 g/mol. The summed E-state index contributed by atoms with van der Waals surface area (Å²) in [6, 6.07) is 9.75. The molecule has 1 aromatic carbocycles. The number of rotatable bonds is 4. The number of hydrogen-bond donors (Lipinski definition) is 1. The van der Waals surface area contributed by atoms with E-state index in [0.29, 0.717) is 6.54 Å². The molecule has 0 aliphatic carbocycles. The number of benzene rings is 1. The van der Waals surface area contributed by atoms with Crippen molar-refractivity contribution in [3.05, 3.63) is 35.9 Å². The number of nitrogens with one attached hydrogen (secondary N) is 1. The third-order valence-electron chi connectivity index (χ3n) is 4.59. The van der Waals surface area contributed by atoms with E-state index in [0.717, 1.165) is 31.4 Å². The van der Waals surface area contributed by atoms with Crippen LogP contribution in [0.5, 0.6) is 0 Å². The molecule has 2 saturated heterocycles.